The zero-order chi connectivity index (χ0) is 22.7. The molecule has 33 heavy (non-hydrogen) atoms. The van der Waals surface area contributed by atoms with E-state index in [0.29, 0.717) is 41.0 Å². The highest BCUT2D eigenvalue weighted by Gasteiger charge is 2.41. The first-order chi connectivity index (χ1) is 16.1. The summed E-state index contributed by atoms with van der Waals surface area (Å²) >= 11 is 1.44. The van der Waals surface area contributed by atoms with Crippen molar-refractivity contribution in [3.63, 3.8) is 0 Å². The lowest BCUT2D eigenvalue weighted by molar-refractivity contribution is 0.0946. The van der Waals surface area contributed by atoms with Gasteiger partial charge in [0.15, 0.2) is 0 Å². The molecule has 1 aliphatic rings. The SMILES string of the molecule is O=C(NCc1cnc(-c2ccc(NCC3(c4ncccc4F)CCC3)nn2)s1)c1ccn[nH]1. The smallest absolute Gasteiger partial charge is 0.269 e. The summed E-state index contributed by atoms with van der Waals surface area (Å²) in [6, 6.07) is 8.36. The molecule has 168 valence electrons. The first kappa shape index (κ1) is 21.1. The van der Waals surface area contributed by atoms with Gasteiger partial charge in [0, 0.05) is 35.4 Å². The summed E-state index contributed by atoms with van der Waals surface area (Å²) in [5.74, 6) is 0.123. The lowest BCUT2D eigenvalue weighted by atomic mass is 9.66. The number of hydrogen-bond donors (Lipinski definition) is 3. The maximum absolute atomic E-state index is 14.3. The van der Waals surface area contributed by atoms with Crippen LogP contribution < -0.4 is 10.6 Å². The van der Waals surface area contributed by atoms with E-state index in [-0.39, 0.29) is 17.1 Å². The second-order valence-corrected chi connectivity index (χ2v) is 9.03. The Balaban J connectivity index is 1.20. The average Bonchev–Trinajstić information content (AvgIpc) is 3.51. The maximum atomic E-state index is 14.3. The van der Waals surface area contributed by atoms with Gasteiger partial charge in [0.25, 0.3) is 5.91 Å². The summed E-state index contributed by atoms with van der Waals surface area (Å²) in [5, 5.41) is 21.8. The minimum atomic E-state index is -0.309. The molecular weight excluding hydrogens is 443 g/mol. The van der Waals surface area contributed by atoms with E-state index in [9.17, 15) is 9.18 Å². The van der Waals surface area contributed by atoms with E-state index >= 15 is 0 Å². The Bertz CT molecular complexity index is 1240. The van der Waals surface area contributed by atoms with E-state index in [1.807, 2.05) is 12.1 Å². The molecule has 0 unspecified atom stereocenters. The van der Waals surface area contributed by atoms with Crippen LogP contribution in [-0.4, -0.2) is 42.8 Å². The molecule has 4 aromatic heterocycles. The Hall–Kier alpha value is -3.73. The molecule has 0 spiro atoms. The lowest BCUT2D eigenvalue weighted by Crippen LogP contribution is -2.42. The molecule has 11 heteroatoms. The fourth-order valence-electron chi connectivity index (χ4n) is 3.83. The van der Waals surface area contributed by atoms with Crippen molar-refractivity contribution in [2.24, 2.45) is 0 Å². The number of nitrogens with zero attached hydrogens (tertiary/aromatic N) is 5. The highest BCUT2D eigenvalue weighted by molar-refractivity contribution is 7.15. The van der Waals surface area contributed by atoms with Crippen LogP contribution in [0.1, 0.15) is 40.3 Å². The molecule has 0 bridgehead atoms. The second kappa shape index (κ2) is 9.02. The fourth-order valence-corrected chi connectivity index (χ4v) is 4.65. The molecule has 1 amide bonds. The Morgan fingerprint density at radius 2 is 2.06 bits per heavy atom. The predicted octanol–water partition coefficient (Wildman–Crippen LogP) is 3.32. The minimum absolute atomic E-state index is 0.229. The van der Waals surface area contributed by atoms with Crippen molar-refractivity contribution in [2.45, 2.75) is 31.2 Å². The van der Waals surface area contributed by atoms with E-state index in [1.54, 1.807) is 24.5 Å². The summed E-state index contributed by atoms with van der Waals surface area (Å²) in [6.07, 6.45) is 7.70. The topological polar surface area (TPSA) is 121 Å². The molecule has 0 aromatic carbocycles. The number of aromatic amines is 1. The van der Waals surface area contributed by atoms with E-state index in [0.717, 1.165) is 24.1 Å². The summed E-state index contributed by atoms with van der Waals surface area (Å²) in [7, 11) is 0. The van der Waals surface area contributed by atoms with Gasteiger partial charge in [-0.3, -0.25) is 14.9 Å². The molecular formula is C22H21FN8OS. The van der Waals surface area contributed by atoms with Crippen LogP contribution in [0.5, 0.6) is 0 Å². The molecule has 4 aromatic rings. The quantitative estimate of drug-likeness (QED) is 0.366. The first-order valence-electron chi connectivity index (χ1n) is 10.5. The van der Waals surface area contributed by atoms with Gasteiger partial charge < -0.3 is 10.6 Å². The molecule has 3 N–H and O–H groups in total. The third kappa shape index (κ3) is 4.44. The summed E-state index contributed by atoms with van der Waals surface area (Å²) < 4.78 is 14.3. The van der Waals surface area contributed by atoms with Crippen molar-refractivity contribution in [1.82, 2.24) is 35.7 Å². The van der Waals surface area contributed by atoms with E-state index in [2.05, 4.69) is 41.0 Å². The van der Waals surface area contributed by atoms with Crippen LogP contribution in [-0.2, 0) is 12.0 Å². The van der Waals surface area contributed by atoms with Crippen molar-refractivity contribution in [3.05, 3.63) is 71.0 Å². The summed E-state index contributed by atoms with van der Waals surface area (Å²) in [6.45, 7) is 0.904. The van der Waals surface area contributed by atoms with Crippen LogP contribution in [0.4, 0.5) is 10.2 Å². The van der Waals surface area contributed by atoms with Crippen LogP contribution in [0.2, 0.25) is 0 Å². The number of nitrogens with one attached hydrogen (secondary N) is 3. The second-order valence-electron chi connectivity index (χ2n) is 7.91. The number of rotatable bonds is 8. The molecule has 1 fully saturated rings. The van der Waals surface area contributed by atoms with Gasteiger partial charge in [-0.25, -0.2) is 9.37 Å². The van der Waals surface area contributed by atoms with Gasteiger partial charge in [0.05, 0.1) is 12.2 Å². The summed E-state index contributed by atoms with van der Waals surface area (Å²) in [4.78, 5) is 21.6. The molecule has 1 saturated carbocycles. The number of halogens is 1. The molecule has 0 saturated heterocycles. The Morgan fingerprint density at radius 1 is 1.15 bits per heavy atom. The summed E-state index contributed by atoms with van der Waals surface area (Å²) in [5.41, 5.74) is 1.26. The largest absolute Gasteiger partial charge is 0.368 e. The highest BCUT2D eigenvalue weighted by Crippen LogP contribution is 2.43. The van der Waals surface area contributed by atoms with Gasteiger partial charge in [0.2, 0.25) is 0 Å². The van der Waals surface area contributed by atoms with Crippen molar-refractivity contribution < 1.29 is 9.18 Å². The number of carbonyl (C=O) groups is 1. The third-order valence-corrected chi connectivity index (χ3v) is 6.80. The normalized spacial score (nSPS) is 14.5. The molecule has 1 aliphatic carbocycles. The van der Waals surface area contributed by atoms with E-state index < -0.39 is 0 Å². The Labute approximate surface area is 192 Å². The molecule has 0 aliphatic heterocycles. The van der Waals surface area contributed by atoms with Crippen molar-refractivity contribution in [1.29, 1.82) is 0 Å². The van der Waals surface area contributed by atoms with Crippen molar-refractivity contribution in [2.75, 3.05) is 11.9 Å². The van der Waals surface area contributed by atoms with E-state index in [1.165, 1.54) is 23.6 Å². The molecule has 4 heterocycles. The number of hydrogen-bond acceptors (Lipinski definition) is 8. The number of amides is 1. The fraction of sp³-hybridized carbons (Fsp3) is 0.273. The van der Waals surface area contributed by atoms with Gasteiger partial charge >= 0.3 is 0 Å². The third-order valence-electron chi connectivity index (χ3n) is 5.79. The van der Waals surface area contributed by atoms with Gasteiger partial charge in [-0.1, -0.05) is 6.42 Å². The van der Waals surface area contributed by atoms with Crippen LogP contribution in [0.15, 0.2) is 48.9 Å². The Morgan fingerprint density at radius 3 is 2.76 bits per heavy atom. The standard InChI is InChI=1S/C22H21FN8OS/c23-15-3-1-9-24-19(15)22(7-2-8-22)13-27-18-5-4-17(30-31-18)21-26-12-14(33-21)11-25-20(32)16-6-10-28-29-16/h1,3-6,9-10,12H,2,7-8,11,13H2,(H,25,32)(H,27,31)(H,28,29). The number of H-pyrrole nitrogens is 1. The van der Waals surface area contributed by atoms with Gasteiger partial charge in [-0.2, -0.15) is 5.10 Å². The number of aromatic nitrogens is 6. The number of pyridine rings is 1. The minimum Gasteiger partial charge on any atom is -0.368 e. The number of carbonyl (C=O) groups excluding carboxylic acids is 1. The average molecular weight is 465 g/mol. The molecule has 0 atom stereocenters. The van der Waals surface area contributed by atoms with Crippen LogP contribution >= 0.6 is 11.3 Å². The van der Waals surface area contributed by atoms with E-state index in [4.69, 9.17) is 0 Å². The van der Waals surface area contributed by atoms with Crippen molar-refractivity contribution >= 4 is 23.1 Å². The monoisotopic (exact) mass is 464 g/mol. The van der Waals surface area contributed by atoms with Crippen LogP contribution in [0, 0.1) is 5.82 Å². The maximum Gasteiger partial charge on any atom is 0.269 e. The molecule has 9 nitrogen and oxygen atoms in total. The highest BCUT2D eigenvalue weighted by atomic mass is 32.1. The lowest BCUT2D eigenvalue weighted by Gasteiger charge is -2.41. The predicted molar refractivity (Wildman–Crippen MR) is 121 cm³/mol. The van der Waals surface area contributed by atoms with Gasteiger partial charge in [-0.05, 0) is 43.2 Å². The Kier molecular flexibility index (Phi) is 5.78. The van der Waals surface area contributed by atoms with Gasteiger partial charge in [-0.15, -0.1) is 21.5 Å². The van der Waals surface area contributed by atoms with Gasteiger partial charge in [0.1, 0.15) is 28.0 Å². The van der Waals surface area contributed by atoms with Crippen LogP contribution in [0.25, 0.3) is 10.7 Å². The molecule has 5 rings (SSSR count). The first-order valence-corrected chi connectivity index (χ1v) is 11.4. The number of thiazole rings is 1. The zero-order valence-electron chi connectivity index (χ0n) is 17.6. The van der Waals surface area contributed by atoms with Crippen molar-refractivity contribution in [3.8, 4) is 10.7 Å². The van der Waals surface area contributed by atoms with Crippen LogP contribution in [0.3, 0.4) is 0 Å². The number of anilines is 1. The zero-order valence-corrected chi connectivity index (χ0v) is 18.4. The molecule has 0 radical (unpaired) electrons.